The van der Waals surface area contributed by atoms with Crippen molar-refractivity contribution in [3.63, 3.8) is 0 Å². The van der Waals surface area contributed by atoms with Gasteiger partial charge in [-0.25, -0.2) is 0 Å². The van der Waals surface area contributed by atoms with Gasteiger partial charge in [0.1, 0.15) is 0 Å². The van der Waals surface area contributed by atoms with Crippen LogP contribution in [-0.4, -0.2) is 36.1 Å². The van der Waals surface area contributed by atoms with Gasteiger partial charge >= 0.3 is 0 Å². The van der Waals surface area contributed by atoms with Gasteiger partial charge in [-0.2, -0.15) is 5.26 Å². The molecule has 20 heavy (non-hydrogen) atoms. The van der Waals surface area contributed by atoms with Crippen LogP contribution in [0.2, 0.25) is 0 Å². The summed E-state index contributed by atoms with van der Waals surface area (Å²) in [5, 5.41) is 8.85. The lowest BCUT2D eigenvalue weighted by Crippen LogP contribution is -2.53. The molecule has 2 fully saturated rings. The molecule has 0 N–H and O–H groups in total. The fraction of sp³-hybridized carbons (Fsp3) is 0.467. The highest BCUT2D eigenvalue weighted by Crippen LogP contribution is 2.37. The quantitative estimate of drug-likeness (QED) is 0.793. The molecule has 2 saturated heterocycles. The molecule has 0 aliphatic carbocycles. The molecule has 1 amide bonds. The number of nitriles is 1. The number of ether oxygens (including phenoxy) is 1. The minimum atomic E-state index is 0.0236. The van der Waals surface area contributed by atoms with Crippen LogP contribution in [-0.2, 0) is 4.74 Å². The van der Waals surface area contributed by atoms with Crippen molar-refractivity contribution in [3.8, 4) is 6.07 Å². The second kappa shape index (κ2) is 5.19. The van der Waals surface area contributed by atoms with Crippen molar-refractivity contribution in [2.75, 3.05) is 19.7 Å². The van der Waals surface area contributed by atoms with E-state index >= 15 is 0 Å². The SMILES string of the molecule is N#Cc1ccc(C(=O)N2CCC3(CCO3)CC2)c(Br)c1. The third-order valence-corrected chi connectivity index (χ3v) is 4.91. The van der Waals surface area contributed by atoms with Gasteiger partial charge in [-0.3, -0.25) is 4.79 Å². The van der Waals surface area contributed by atoms with Gasteiger partial charge in [0.05, 0.1) is 29.4 Å². The van der Waals surface area contributed by atoms with Crippen LogP contribution in [0.1, 0.15) is 35.2 Å². The Morgan fingerprint density at radius 1 is 1.35 bits per heavy atom. The molecule has 1 spiro atoms. The summed E-state index contributed by atoms with van der Waals surface area (Å²) < 4.78 is 6.35. The molecule has 4 nitrogen and oxygen atoms in total. The normalized spacial score (nSPS) is 20.3. The number of rotatable bonds is 1. The topological polar surface area (TPSA) is 53.3 Å². The lowest BCUT2D eigenvalue weighted by molar-refractivity contribution is -0.169. The average Bonchev–Trinajstić information content (AvgIpc) is 2.45. The van der Waals surface area contributed by atoms with Gasteiger partial charge in [-0.1, -0.05) is 0 Å². The molecular weight excluding hydrogens is 320 g/mol. The predicted molar refractivity (Wildman–Crippen MR) is 77.3 cm³/mol. The van der Waals surface area contributed by atoms with Crippen LogP contribution < -0.4 is 0 Å². The molecule has 2 aliphatic heterocycles. The Morgan fingerprint density at radius 3 is 2.55 bits per heavy atom. The molecule has 104 valence electrons. The Bertz CT molecular complexity index is 580. The number of piperidine rings is 1. The first-order valence-electron chi connectivity index (χ1n) is 6.76. The molecule has 0 atom stereocenters. The Labute approximate surface area is 126 Å². The first-order valence-corrected chi connectivity index (χ1v) is 7.56. The summed E-state index contributed by atoms with van der Waals surface area (Å²) in [4.78, 5) is 14.4. The van der Waals surface area contributed by atoms with E-state index in [9.17, 15) is 4.79 Å². The van der Waals surface area contributed by atoms with Gasteiger partial charge in [0.2, 0.25) is 0 Å². The van der Waals surface area contributed by atoms with Crippen LogP contribution in [0.5, 0.6) is 0 Å². The molecular formula is C15H15BrN2O2. The summed E-state index contributed by atoms with van der Waals surface area (Å²) in [6, 6.07) is 7.15. The summed E-state index contributed by atoms with van der Waals surface area (Å²) in [6.07, 6.45) is 2.97. The predicted octanol–water partition coefficient (Wildman–Crippen LogP) is 2.72. The number of amides is 1. The largest absolute Gasteiger partial charge is 0.375 e. The van der Waals surface area contributed by atoms with Crippen LogP contribution in [0, 0.1) is 11.3 Å². The molecule has 0 unspecified atom stereocenters. The lowest BCUT2D eigenvalue weighted by atomic mass is 9.84. The highest BCUT2D eigenvalue weighted by atomic mass is 79.9. The van der Waals surface area contributed by atoms with Gasteiger partial charge in [-0.05, 0) is 53.4 Å². The Balaban J connectivity index is 1.72. The number of halogens is 1. The fourth-order valence-corrected chi connectivity index (χ4v) is 3.38. The van der Waals surface area contributed by atoms with E-state index < -0.39 is 0 Å². The van der Waals surface area contributed by atoms with Crippen molar-refractivity contribution in [2.24, 2.45) is 0 Å². The van der Waals surface area contributed by atoms with Gasteiger partial charge < -0.3 is 9.64 Å². The molecule has 1 aromatic rings. The summed E-state index contributed by atoms with van der Waals surface area (Å²) in [7, 11) is 0. The van der Waals surface area contributed by atoms with Crippen molar-refractivity contribution in [1.82, 2.24) is 4.90 Å². The zero-order valence-corrected chi connectivity index (χ0v) is 12.6. The number of carbonyl (C=O) groups excluding carboxylic acids is 1. The highest BCUT2D eigenvalue weighted by molar-refractivity contribution is 9.10. The van der Waals surface area contributed by atoms with E-state index in [0.717, 1.165) is 39.0 Å². The maximum Gasteiger partial charge on any atom is 0.255 e. The first kappa shape index (κ1) is 13.6. The van der Waals surface area contributed by atoms with Crippen LogP contribution in [0.15, 0.2) is 22.7 Å². The van der Waals surface area contributed by atoms with Crippen molar-refractivity contribution in [2.45, 2.75) is 24.9 Å². The number of hydrogen-bond acceptors (Lipinski definition) is 3. The molecule has 0 radical (unpaired) electrons. The minimum Gasteiger partial charge on any atom is -0.375 e. The van der Waals surface area contributed by atoms with Crippen LogP contribution in [0.4, 0.5) is 0 Å². The van der Waals surface area contributed by atoms with E-state index in [-0.39, 0.29) is 11.5 Å². The third-order valence-electron chi connectivity index (χ3n) is 4.26. The van der Waals surface area contributed by atoms with Gasteiger partial charge in [0, 0.05) is 17.6 Å². The zero-order chi connectivity index (χ0) is 14.2. The van der Waals surface area contributed by atoms with Gasteiger partial charge in [0.15, 0.2) is 0 Å². The monoisotopic (exact) mass is 334 g/mol. The van der Waals surface area contributed by atoms with Gasteiger partial charge in [-0.15, -0.1) is 0 Å². The molecule has 2 aliphatic rings. The van der Waals surface area contributed by atoms with E-state index in [0.29, 0.717) is 15.6 Å². The summed E-state index contributed by atoms with van der Waals surface area (Å²) in [5.41, 5.74) is 1.22. The lowest BCUT2D eigenvalue weighted by Gasteiger charge is -2.47. The Hall–Kier alpha value is -1.38. The summed E-state index contributed by atoms with van der Waals surface area (Å²) in [6.45, 7) is 2.34. The number of likely N-dealkylation sites (tertiary alicyclic amines) is 1. The number of carbonyl (C=O) groups is 1. The zero-order valence-electron chi connectivity index (χ0n) is 11.1. The molecule has 5 heteroatoms. The van der Waals surface area contributed by atoms with E-state index in [2.05, 4.69) is 22.0 Å². The molecule has 2 heterocycles. The smallest absolute Gasteiger partial charge is 0.255 e. The Kier molecular flexibility index (Phi) is 3.53. The second-order valence-electron chi connectivity index (χ2n) is 5.38. The molecule has 0 bridgehead atoms. The number of hydrogen-bond donors (Lipinski definition) is 0. The van der Waals surface area contributed by atoms with Crippen LogP contribution in [0.3, 0.4) is 0 Å². The van der Waals surface area contributed by atoms with E-state index in [1.54, 1.807) is 18.2 Å². The van der Waals surface area contributed by atoms with E-state index in [1.807, 2.05) is 4.90 Å². The van der Waals surface area contributed by atoms with Crippen LogP contribution in [0.25, 0.3) is 0 Å². The third kappa shape index (κ3) is 2.34. The second-order valence-corrected chi connectivity index (χ2v) is 6.23. The summed E-state index contributed by atoms with van der Waals surface area (Å²) in [5.74, 6) is 0.0236. The first-order chi connectivity index (χ1) is 9.63. The standard InChI is InChI=1S/C15H15BrN2O2/c16-13-9-11(10-17)1-2-12(13)14(19)18-6-3-15(4-7-18)5-8-20-15/h1-2,9H,3-8H2. The van der Waals surface area contributed by atoms with E-state index in [4.69, 9.17) is 10.00 Å². The van der Waals surface area contributed by atoms with Crippen molar-refractivity contribution in [1.29, 1.82) is 5.26 Å². The van der Waals surface area contributed by atoms with Gasteiger partial charge in [0.25, 0.3) is 5.91 Å². The number of benzene rings is 1. The summed E-state index contributed by atoms with van der Waals surface area (Å²) >= 11 is 3.38. The van der Waals surface area contributed by atoms with Crippen molar-refractivity contribution < 1.29 is 9.53 Å². The molecule has 0 aromatic heterocycles. The minimum absolute atomic E-state index is 0.0236. The molecule has 3 rings (SSSR count). The van der Waals surface area contributed by atoms with E-state index in [1.165, 1.54) is 0 Å². The average molecular weight is 335 g/mol. The van der Waals surface area contributed by atoms with Crippen LogP contribution >= 0.6 is 15.9 Å². The maximum atomic E-state index is 12.5. The van der Waals surface area contributed by atoms with Crippen molar-refractivity contribution in [3.05, 3.63) is 33.8 Å². The van der Waals surface area contributed by atoms with Crippen molar-refractivity contribution >= 4 is 21.8 Å². The molecule has 1 aromatic carbocycles. The fourth-order valence-electron chi connectivity index (χ4n) is 2.83. The Morgan fingerprint density at radius 2 is 2.05 bits per heavy atom. The number of nitrogens with zero attached hydrogens (tertiary/aromatic N) is 2. The highest BCUT2D eigenvalue weighted by Gasteiger charge is 2.42. The molecule has 0 saturated carbocycles. The maximum absolute atomic E-state index is 12.5.